The lowest BCUT2D eigenvalue weighted by molar-refractivity contribution is 0.287. The van der Waals surface area contributed by atoms with Crippen LogP contribution >= 0.6 is 0 Å². The van der Waals surface area contributed by atoms with Crippen molar-refractivity contribution in [1.82, 2.24) is 9.97 Å². The number of nitrogens with two attached hydrogens (primary N) is 1. The summed E-state index contributed by atoms with van der Waals surface area (Å²) in [6, 6.07) is 20.3. The van der Waals surface area contributed by atoms with Gasteiger partial charge in [0, 0.05) is 34.9 Å². The van der Waals surface area contributed by atoms with Gasteiger partial charge in [0.2, 0.25) is 0 Å². The van der Waals surface area contributed by atoms with Gasteiger partial charge in [-0.25, -0.2) is 0 Å². The summed E-state index contributed by atoms with van der Waals surface area (Å²) >= 11 is 0. The summed E-state index contributed by atoms with van der Waals surface area (Å²) in [5.41, 5.74) is 10.8. The second-order valence-corrected chi connectivity index (χ2v) is 6.41. The van der Waals surface area contributed by atoms with E-state index in [1.807, 2.05) is 48.8 Å². The molecule has 0 saturated heterocycles. The van der Waals surface area contributed by atoms with Crippen molar-refractivity contribution in [1.29, 1.82) is 0 Å². The number of para-hydroxylation sites is 1. The van der Waals surface area contributed by atoms with E-state index in [1.165, 1.54) is 10.9 Å². The summed E-state index contributed by atoms with van der Waals surface area (Å²) in [6.45, 7) is 0.444. The van der Waals surface area contributed by atoms with Crippen LogP contribution in [0.3, 0.4) is 0 Å². The van der Waals surface area contributed by atoms with Crippen molar-refractivity contribution < 1.29 is 4.74 Å². The number of hydrogen-bond acceptors (Lipinski definition) is 3. The van der Waals surface area contributed by atoms with Crippen LogP contribution in [-0.2, 0) is 6.42 Å². The van der Waals surface area contributed by atoms with E-state index in [0.29, 0.717) is 6.61 Å². The molecule has 0 fully saturated rings. The number of fused-ring (bicyclic) bond motifs is 1. The maximum Gasteiger partial charge on any atom is 0.138 e. The average Bonchev–Trinajstić information content (AvgIpc) is 3.10. The van der Waals surface area contributed by atoms with Crippen LogP contribution < -0.4 is 10.5 Å². The zero-order valence-electron chi connectivity index (χ0n) is 14.4. The van der Waals surface area contributed by atoms with E-state index in [-0.39, 0.29) is 6.04 Å². The van der Waals surface area contributed by atoms with Gasteiger partial charge in [0.05, 0.1) is 6.20 Å². The minimum atomic E-state index is -0.0883. The number of rotatable bonds is 6. The second-order valence-electron chi connectivity index (χ2n) is 6.41. The molecule has 3 N–H and O–H groups in total. The van der Waals surface area contributed by atoms with Gasteiger partial charge in [-0.3, -0.25) is 4.98 Å². The summed E-state index contributed by atoms with van der Waals surface area (Å²) in [4.78, 5) is 7.57. The molecule has 0 aliphatic carbocycles. The second kappa shape index (κ2) is 7.42. The topological polar surface area (TPSA) is 63.9 Å². The zero-order chi connectivity index (χ0) is 17.8. The number of benzene rings is 2. The number of aromatic amines is 1. The summed E-state index contributed by atoms with van der Waals surface area (Å²) in [7, 11) is 0. The fourth-order valence-corrected chi connectivity index (χ4v) is 3.13. The Labute approximate surface area is 152 Å². The maximum absolute atomic E-state index is 6.29. The molecular weight excluding hydrogens is 322 g/mol. The minimum absolute atomic E-state index is 0.0883. The van der Waals surface area contributed by atoms with Crippen LogP contribution in [0.25, 0.3) is 22.0 Å². The molecule has 4 nitrogen and oxygen atoms in total. The van der Waals surface area contributed by atoms with Crippen LogP contribution in [0.1, 0.15) is 5.56 Å². The van der Waals surface area contributed by atoms with Gasteiger partial charge >= 0.3 is 0 Å². The predicted molar refractivity (Wildman–Crippen MR) is 105 cm³/mol. The Hall–Kier alpha value is -3.11. The van der Waals surface area contributed by atoms with Crippen LogP contribution in [0.2, 0.25) is 0 Å². The summed E-state index contributed by atoms with van der Waals surface area (Å²) < 4.78 is 5.89. The Balaban J connectivity index is 1.41. The molecule has 2 heterocycles. The Morgan fingerprint density at radius 3 is 2.65 bits per heavy atom. The Kier molecular flexibility index (Phi) is 4.67. The molecule has 0 radical (unpaired) electrons. The maximum atomic E-state index is 6.29. The van der Waals surface area contributed by atoms with Gasteiger partial charge < -0.3 is 15.5 Å². The highest BCUT2D eigenvalue weighted by Gasteiger charge is 2.10. The van der Waals surface area contributed by atoms with E-state index >= 15 is 0 Å². The molecule has 0 saturated carbocycles. The Bertz CT molecular complexity index is 994. The first-order valence-electron chi connectivity index (χ1n) is 8.73. The van der Waals surface area contributed by atoms with Crippen molar-refractivity contribution in [2.45, 2.75) is 12.5 Å². The van der Waals surface area contributed by atoms with Gasteiger partial charge in [-0.1, -0.05) is 48.5 Å². The molecule has 4 heteroatoms. The molecule has 26 heavy (non-hydrogen) atoms. The van der Waals surface area contributed by atoms with Crippen molar-refractivity contribution in [3.05, 3.63) is 84.8 Å². The third kappa shape index (κ3) is 3.60. The van der Waals surface area contributed by atoms with Gasteiger partial charge in [-0.2, -0.15) is 0 Å². The van der Waals surface area contributed by atoms with E-state index in [9.17, 15) is 0 Å². The predicted octanol–water partition coefficient (Wildman–Crippen LogP) is 4.18. The number of hydrogen-bond donors (Lipinski definition) is 2. The molecule has 2 aromatic carbocycles. The molecule has 0 unspecified atom stereocenters. The molecular formula is C22H21N3O. The normalized spacial score (nSPS) is 12.2. The van der Waals surface area contributed by atoms with E-state index in [1.54, 1.807) is 6.20 Å². The molecule has 4 aromatic rings. The highest BCUT2D eigenvalue weighted by atomic mass is 16.5. The van der Waals surface area contributed by atoms with Crippen LogP contribution in [0.15, 0.2) is 79.3 Å². The Morgan fingerprint density at radius 2 is 1.77 bits per heavy atom. The Morgan fingerprint density at radius 1 is 0.962 bits per heavy atom. The zero-order valence-corrected chi connectivity index (χ0v) is 14.4. The van der Waals surface area contributed by atoms with Gasteiger partial charge in [0.15, 0.2) is 0 Å². The van der Waals surface area contributed by atoms with Gasteiger partial charge in [0.1, 0.15) is 12.4 Å². The first kappa shape index (κ1) is 16.4. The van der Waals surface area contributed by atoms with Gasteiger partial charge in [-0.05, 0) is 29.7 Å². The number of nitrogens with zero attached hydrogens (tertiary/aromatic N) is 1. The van der Waals surface area contributed by atoms with E-state index in [2.05, 4.69) is 34.2 Å². The third-order valence-electron chi connectivity index (χ3n) is 4.44. The summed E-state index contributed by atoms with van der Waals surface area (Å²) in [5.74, 6) is 0.737. The molecule has 0 spiro atoms. The van der Waals surface area contributed by atoms with Crippen LogP contribution in [0.4, 0.5) is 0 Å². The smallest absolute Gasteiger partial charge is 0.138 e. The standard InChI is InChI=1S/C22H21N3O/c23-19(10-18-13-25-22-9-5-4-8-21(18)22)15-26-20-11-17(12-24-14-20)16-6-2-1-3-7-16/h1-9,11-14,19,25H,10,15,23H2/t19-/m1/s1. The van der Waals surface area contributed by atoms with E-state index in [0.717, 1.165) is 28.8 Å². The fraction of sp³-hybridized carbons (Fsp3) is 0.136. The molecule has 1 atom stereocenters. The first-order valence-corrected chi connectivity index (χ1v) is 8.73. The van der Waals surface area contributed by atoms with Crippen LogP contribution in [-0.4, -0.2) is 22.6 Å². The number of pyridine rings is 1. The number of nitrogens with one attached hydrogen (secondary N) is 1. The summed E-state index contributed by atoms with van der Waals surface area (Å²) in [5, 5.41) is 1.22. The lowest BCUT2D eigenvalue weighted by atomic mass is 10.1. The largest absolute Gasteiger partial charge is 0.490 e. The molecule has 0 bridgehead atoms. The first-order chi connectivity index (χ1) is 12.8. The minimum Gasteiger partial charge on any atom is -0.490 e. The molecule has 130 valence electrons. The SMILES string of the molecule is N[C@@H](COc1cncc(-c2ccccc2)c1)Cc1c[nH]c2ccccc12. The average molecular weight is 343 g/mol. The lowest BCUT2D eigenvalue weighted by Gasteiger charge is -2.13. The van der Waals surface area contributed by atoms with Crippen LogP contribution in [0.5, 0.6) is 5.75 Å². The highest BCUT2D eigenvalue weighted by Crippen LogP contribution is 2.23. The van der Waals surface area contributed by atoms with Crippen LogP contribution in [0, 0.1) is 0 Å². The van der Waals surface area contributed by atoms with E-state index in [4.69, 9.17) is 10.5 Å². The van der Waals surface area contributed by atoms with E-state index < -0.39 is 0 Å². The third-order valence-corrected chi connectivity index (χ3v) is 4.44. The van der Waals surface area contributed by atoms with Crippen molar-refractivity contribution >= 4 is 10.9 Å². The fourth-order valence-electron chi connectivity index (χ4n) is 3.13. The summed E-state index contributed by atoms with van der Waals surface area (Å²) in [6.07, 6.45) is 6.36. The molecule has 0 aliphatic heterocycles. The van der Waals surface area contributed by atoms with Gasteiger partial charge in [-0.15, -0.1) is 0 Å². The number of aromatic nitrogens is 2. The number of ether oxygens (including phenoxy) is 1. The molecule has 4 rings (SSSR count). The monoisotopic (exact) mass is 343 g/mol. The quantitative estimate of drug-likeness (QED) is 0.552. The molecule has 0 aliphatic rings. The van der Waals surface area contributed by atoms with Crippen molar-refractivity contribution in [3.8, 4) is 16.9 Å². The molecule has 0 amide bonds. The molecule has 2 aromatic heterocycles. The number of H-pyrrole nitrogens is 1. The van der Waals surface area contributed by atoms with Crippen molar-refractivity contribution in [3.63, 3.8) is 0 Å². The lowest BCUT2D eigenvalue weighted by Crippen LogP contribution is -2.30. The van der Waals surface area contributed by atoms with Gasteiger partial charge in [0.25, 0.3) is 0 Å². The van der Waals surface area contributed by atoms with Crippen molar-refractivity contribution in [2.75, 3.05) is 6.61 Å². The highest BCUT2D eigenvalue weighted by molar-refractivity contribution is 5.83. The van der Waals surface area contributed by atoms with Crippen molar-refractivity contribution in [2.24, 2.45) is 5.73 Å².